The Morgan fingerprint density at radius 1 is 0.852 bits per heavy atom. The molecule has 0 aliphatic heterocycles. The van der Waals surface area contributed by atoms with E-state index in [9.17, 15) is 19.2 Å². The van der Waals surface area contributed by atoms with Crippen LogP contribution in [0.4, 0.5) is 5.69 Å². The minimum atomic E-state index is -0.948. The molecule has 0 spiro atoms. The second kappa shape index (κ2) is 9.86. The first-order valence-corrected chi connectivity index (χ1v) is 8.33. The number of benzene rings is 2. The average molecular weight is 369 g/mol. The van der Waals surface area contributed by atoms with E-state index in [1.807, 2.05) is 0 Å². The zero-order valence-corrected chi connectivity index (χ0v) is 14.5. The van der Waals surface area contributed by atoms with Crippen molar-refractivity contribution in [2.45, 2.75) is 19.3 Å². The predicted octanol–water partition coefficient (Wildman–Crippen LogP) is 2.92. The first-order valence-electron chi connectivity index (χ1n) is 8.33. The van der Waals surface area contributed by atoms with Crippen molar-refractivity contribution in [2.24, 2.45) is 0 Å². The number of amides is 1. The lowest BCUT2D eigenvalue weighted by molar-refractivity contribution is -0.137. The number of Topliss-reactive ketones (excluding diaryl/α,β-unsaturated/α-hetero) is 1. The normalized spacial score (nSPS) is 10.1. The molecule has 2 aromatic carbocycles. The minimum absolute atomic E-state index is 0.0695. The van der Waals surface area contributed by atoms with Crippen LogP contribution in [-0.4, -0.2) is 35.3 Å². The van der Waals surface area contributed by atoms with Crippen LogP contribution in [0, 0.1) is 0 Å². The predicted molar refractivity (Wildman–Crippen MR) is 97.6 cm³/mol. The van der Waals surface area contributed by atoms with Crippen LogP contribution >= 0.6 is 0 Å². The van der Waals surface area contributed by atoms with Crippen LogP contribution < -0.4 is 5.32 Å². The van der Waals surface area contributed by atoms with Gasteiger partial charge in [-0.3, -0.25) is 14.4 Å². The van der Waals surface area contributed by atoms with E-state index in [1.54, 1.807) is 30.3 Å². The highest BCUT2D eigenvalue weighted by Crippen LogP contribution is 2.12. The Balaban J connectivity index is 1.81. The zero-order chi connectivity index (χ0) is 19.6. The number of aliphatic carboxylic acids is 1. The van der Waals surface area contributed by atoms with Crippen molar-refractivity contribution in [3.8, 4) is 0 Å². The molecule has 7 nitrogen and oxygen atoms in total. The van der Waals surface area contributed by atoms with E-state index in [2.05, 4.69) is 5.32 Å². The highest BCUT2D eigenvalue weighted by molar-refractivity contribution is 5.99. The molecule has 0 saturated carbocycles. The van der Waals surface area contributed by atoms with Gasteiger partial charge in [-0.15, -0.1) is 0 Å². The molecule has 2 aromatic rings. The average Bonchev–Trinajstić information content (AvgIpc) is 2.66. The lowest BCUT2D eigenvalue weighted by Crippen LogP contribution is -2.14. The highest BCUT2D eigenvalue weighted by atomic mass is 16.5. The van der Waals surface area contributed by atoms with Gasteiger partial charge in [0.05, 0.1) is 5.56 Å². The van der Waals surface area contributed by atoms with Crippen molar-refractivity contribution in [1.82, 2.24) is 0 Å². The summed E-state index contributed by atoms with van der Waals surface area (Å²) in [6, 6.07) is 14.5. The van der Waals surface area contributed by atoms with E-state index in [0.717, 1.165) is 0 Å². The van der Waals surface area contributed by atoms with Crippen molar-refractivity contribution in [3.63, 3.8) is 0 Å². The van der Waals surface area contributed by atoms with Crippen LogP contribution in [-0.2, 0) is 14.3 Å². The van der Waals surface area contributed by atoms with Gasteiger partial charge >= 0.3 is 11.9 Å². The molecule has 27 heavy (non-hydrogen) atoms. The summed E-state index contributed by atoms with van der Waals surface area (Å²) in [6.07, 6.45) is 0.276. The monoisotopic (exact) mass is 369 g/mol. The van der Waals surface area contributed by atoms with Crippen molar-refractivity contribution in [1.29, 1.82) is 0 Å². The number of anilines is 1. The number of carbonyl (C=O) groups is 4. The van der Waals surface area contributed by atoms with Crippen LogP contribution in [0.1, 0.15) is 40.0 Å². The molecule has 0 radical (unpaired) electrons. The Morgan fingerprint density at radius 2 is 1.52 bits per heavy atom. The third-order valence-electron chi connectivity index (χ3n) is 3.63. The third kappa shape index (κ3) is 6.74. The molecule has 1 amide bonds. The molecule has 0 bridgehead atoms. The van der Waals surface area contributed by atoms with Gasteiger partial charge in [-0.25, -0.2) is 4.79 Å². The van der Waals surface area contributed by atoms with Gasteiger partial charge in [-0.1, -0.05) is 30.3 Å². The van der Waals surface area contributed by atoms with Crippen molar-refractivity contribution >= 4 is 29.3 Å². The van der Waals surface area contributed by atoms with Crippen molar-refractivity contribution in [3.05, 3.63) is 65.7 Å². The Morgan fingerprint density at radius 3 is 2.15 bits per heavy atom. The fraction of sp³-hybridized carbons (Fsp3) is 0.200. The number of hydrogen-bond acceptors (Lipinski definition) is 5. The first-order chi connectivity index (χ1) is 13.0. The number of nitrogens with one attached hydrogen (secondary N) is 1. The summed E-state index contributed by atoms with van der Waals surface area (Å²) in [7, 11) is 0. The summed E-state index contributed by atoms with van der Waals surface area (Å²) in [5.74, 6) is -2.19. The van der Waals surface area contributed by atoms with Gasteiger partial charge in [0.15, 0.2) is 12.4 Å². The fourth-order valence-corrected chi connectivity index (χ4v) is 2.24. The molecule has 0 atom stereocenters. The summed E-state index contributed by atoms with van der Waals surface area (Å²) in [6.45, 7) is -0.356. The summed E-state index contributed by atoms with van der Waals surface area (Å²) < 4.78 is 5.01. The highest BCUT2D eigenvalue weighted by Gasteiger charge is 2.12. The van der Waals surface area contributed by atoms with Gasteiger partial charge < -0.3 is 15.2 Å². The quantitative estimate of drug-likeness (QED) is 0.519. The first kappa shape index (κ1) is 19.8. The molecule has 0 aliphatic rings. The maximum absolute atomic E-state index is 12.0. The summed E-state index contributed by atoms with van der Waals surface area (Å²) in [5.41, 5.74) is 1.19. The van der Waals surface area contributed by atoms with Gasteiger partial charge in [0.25, 0.3) is 0 Å². The smallest absolute Gasteiger partial charge is 0.338 e. The van der Waals surface area contributed by atoms with E-state index < -0.39 is 11.9 Å². The van der Waals surface area contributed by atoms with E-state index in [4.69, 9.17) is 9.84 Å². The lowest BCUT2D eigenvalue weighted by atomic mass is 10.1. The molecule has 0 heterocycles. The Bertz CT molecular complexity index is 814. The van der Waals surface area contributed by atoms with Crippen LogP contribution in [0.2, 0.25) is 0 Å². The molecular formula is C20H19NO6. The van der Waals surface area contributed by atoms with Crippen molar-refractivity contribution < 1.29 is 29.0 Å². The van der Waals surface area contributed by atoms with Gasteiger partial charge in [0.2, 0.25) is 5.91 Å². The number of carbonyl (C=O) groups excluding carboxylic acids is 3. The van der Waals surface area contributed by atoms with Crippen molar-refractivity contribution in [2.75, 3.05) is 11.9 Å². The number of ether oxygens (including phenoxy) is 1. The van der Waals surface area contributed by atoms with Crippen LogP contribution in [0.5, 0.6) is 0 Å². The topological polar surface area (TPSA) is 110 Å². The molecule has 0 aliphatic carbocycles. The standard InChI is InChI=1S/C20H19NO6/c22-17(14-5-2-1-3-6-14)13-27-20(26)15-9-11-16(12-10-15)21-18(23)7-4-8-19(24)25/h1-3,5-6,9-12H,4,7-8,13H2,(H,21,23)(H,24,25). The van der Waals surface area contributed by atoms with E-state index in [0.29, 0.717) is 11.3 Å². The Kier molecular flexibility index (Phi) is 7.25. The molecular weight excluding hydrogens is 350 g/mol. The molecule has 2 N–H and O–H groups in total. The minimum Gasteiger partial charge on any atom is -0.481 e. The van der Waals surface area contributed by atoms with Gasteiger partial charge in [-0.2, -0.15) is 0 Å². The number of carboxylic acids is 1. The maximum Gasteiger partial charge on any atom is 0.338 e. The molecule has 0 unspecified atom stereocenters. The molecule has 2 rings (SSSR count). The largest absolute Gasteiger partial charge is 0.481 e. The number of hydrogen-bond donors (Lipinski definition) is 2. The lowest BCUT2D eigenvalue weighted by Gasteiger charge is -2.07. The van der Waals surface area contributed by atoms with Gasteiger partial charge in [0.1, 0.15) is 0 Å². The molecule has 140 valence electrons. The summed E-state index contributed by atoms with van der Waals surface area (Å²) in [4.78, 5) is 46.0. The number of esters is 1. The van der Waals surface area contributed by atoms with E-state index in [1.165, 1.54) is 24.3 Å². The number of ketones is 1. The van der Waals surface area contributed by atoms with Crippen LogP contribution in [0.3, 0.4) is 0 Å². The van der Waals surface area contributed by atoms with Gasteiger partial charge in [0, 0.05) is 24.1 Å². The Labute approximate surface area is 156 Å². The fourth-order valence-electron chi connectivity index (χ4n) is 2.24. The van der Waals surface area contributed by atoms with Gasteiger partial charge in [-0.05, 0) is 30.7 Å². The zero-order valence-electron chi connectivity index (χ0n) is 14.5. The Hall–Kier alpha value is -3.48. The van der Waals surface area contributed by atoms with Crippen LogP contribution in [0.25, 0.3) is 0 Å². The number of rotatable bonds is 9. The van der Waals surface area contributed by atoms with Crippen LogP contribution in [0.15, 0.2) is 54.6 Å². The van der Waals surface area contributed by atoms with E-state index in [-0.39, 0.29) is 43.1 Å². The summed E-state index contributed by atoms with van der Waals surface area (Å²) >= 11 is 0. The molecule has 7 heteroatoms. The third-order valence-corrected chi connectivity index (χ3v) is 3.63. The molecule has 0 fully saturated rings. The molecule has 0 saturated heterocycles. The SMILES string of the molecule is O=C(O)CCCC(=O)Nc1ccc(C(=O)OCC(=O)c2ccccc2)cc1. The second-order valence-corrected chi connectivity index (χ2v) is 5.74. The summed E-state index contributed by atoms with van der Waals surface area (Å²) in [5, 5.41) is 11.2. The molecule has 0 aromatic heterocycles. The second-order valence-electron chi connectivity index (χ2n) is 5.74. The van der Waals surface area contributed by atoms with E-state index >= 15 is 0 Å². The maximum atomic E-state index is 12.0. The number of carboxylic acid groups (broad SMARTS) is 1.